The molecule has 0 radical (unpaired) electrons. The van der Waals surface area contributed by atoms with Gasteiger partial charge in [-0.1, -0.05) is 17.7 Å². The topological polar surface area (TPSA) is 134 Å². The number of nitriles is 1. The van der Waals surface area contributed by atoms with E-state index in [0.29, 0.717) is 17.8 Å². The molecule has 1 unspecified atom stereocenters. The van der Waals surface area contributed by atoms with E-state index in [1.807, 2.05) is 38.1 Å². The molecule has 0 spiro atoms. The molecule has 0 bridgehead atoms. The van der Waals surface area contributed by atoms with Gasteiger partial charge in [-0.2, -0.15) is 22.8 Å². The zero-order valence-corrected chi connectivity index (χ0v) is 18.9. The van der Waals surface area contributed by atoms with Gasteiger partial charge in [0.05, 0.1) is 11.3 Å². The molecular formula is C21H24N6O2S2. The van der Waals surface area contributed by atoms with E-state index in [9.17, 15) is 13.7 Å². The van der Waals surface area contributed by atoms with Crippen LogP contribution in [0.25, 0.3) is 17.0 Å². The Balaban J connectivity index is 1.63. The fraction of sp³-hybridized carbons (Fsp3) is 0.381. The third-order valence-electron chi connectivity index (χ3n) is 5.49. The molecule has 0 amide bonds. The summed E-state index contributed by atoms with van der Waals surface area (Å²) in [4.78, 5) is 4.74. The third-order valence-corrected chi connectivity index (χ3v) is 6.87. The molecule has 162 valence electrons. The maximum absolute atomic E-state index is 11.5. The van der Waals surface area contributed by atoms with Gasteiger partial charge in [0.15, 0.2) is 5.82 Å². The molecular weight excluding hydrogens is 432 g/mol. The standard InChI is InChI=1S/C21H24N6O2S2/c1-12(2)24-18-8-6-13(10-14(18)11-22)20-25-21(30-26-20)17-5-3-4-16-15(17)7-9-19(16)27-31(23,28)29/h3,5-6,8,10,12,16,19,24,27H,4,7,9H2,1-2H3,(H2,23,28,29)/t16?,19-/m0/s1. The molecule has 1 aromatic heterocycles. The largest absolute Gasteiger partial charge is 0.382 e. The normalized spacial score (nSPS) is 20.7. The van der Waals surface area contributed by atoms with Gasteiger partial charge in [0, 0.05) is 29.1 Å². The smallest absolute Gasteiger partial charge is 0.274 e. The Labute approximate surface area is 186 Å². The van der Waals surface area contributed by atoms with Crippen LogP contribution in [0, 0.1) is 17.2 Å². The Morgan fingerprint density at radius 2 is 2.16 bits per heavy atom. The molecule has 4 rings (SSSR count). The summed E-state index contributed by atoms with van der Waals surface area (Å²) in [5, 5.41) is 18.8. The van der Waals surface area contributed by atoms with Crippen molar-refractivity contribution < 1.29 is 8.42 Å². The van der Waals surface area contributed by atoms with E-state index in [0.717, 1.165) is 34.7 Å². The fourth-order valence-electron chi connectivity index (χ4n) is 4.24. The molecule has 2 aromatic rings. The van der Waals surface area contributed by atoms with Crippen molar-refractivity contribution in [2.45, 2.75) is 45.2 Å². The highest BCUT2D eigenvalue weighted by atomic mass is 32.2. The number of nitrogens with two attached hydrogens (primary N) is 1. The Kier molecular flexibility index (Phi) is 5.94. The van der Waals surface area contributed by atoms with E-state index in [1.54, 1.807) is 6.07 Å². The Bertz CT molecular complexity index is 1210. The van der Waals surface area contributed by atoms with Crippen molar-refractivity contribution in [2.24, 2.45) is 11.1 Å². The number of benzene rings is 1. The van der Waals surface area contributed by atoms with Crippen LogP contribution in [0.1, 0.15) is 43.7 Å². The highest BCUT2D eigenvalue weighted by Crippen LogP contribution is 2.43. The summed E-state index contributed by atoms with van der Waals surface area (Å²) in [5.74, 6) is 0.658. The maximum Gasteiger partial charge on any atom is 0.274 e. The van der Waals surface area contributed by atoms with Crippen molar-refractivity contribution in [1.29, 1.82) is 5.26 Å². The van der Waals surface area contributed by atoms with Crippen LogP contribution < -0.4 is 15.2 Å². The number of fused-ring (bicyclic) bond motifs is 1. The number of aromatic nitrogens is 2. The predicted molar refractivity (Wildman–Crippen MR) is 122 cm³/mol. The summed E-state index contributed by atoms with van der Waals surface area (Å²) in [5.41, 5.74) is 4.34. The van der Waals surface area contributed by atoms with Gasteiger partial charge in [-0.15, -0.1) is 0 Å². The third kappa shape index (κ3) is 4.70. The average molecular weight is 457 g/mol. The number of anilines is 1. The van der Waals surface area contributed by atoms with Crippen LogP contribution in [0.15, 0.2) is 35.9 Å². The monoisotopic (exact) mass is 456 g/mol. The van der Waals surface area contributed by atoms with Crippen molar-refractivity contribution in [2.75, 3.05) is 5.32 Å². The zero-order valence-electron chi connectivity index (χ0n) is 17.3. The lowest BCUT2D eigenvalue weighted by atomic mass is 9.88. The molecule has 4 N–H and O–H groups in total. The first kappa shape index (κ1) is 21.6. The minimum atomic E-state index is -3.74. The Hall–Kier alpha value is -2.58. The summed E-state index contributed by atoms with van der Waals surface area (Å²) in [7, 11) is -3.74. The average Bonchev–Trinajstić information content (AvgIpc) is 3.34. The molecule has 1 fully saturated rings. The summed E-state index contributed by atoms with van der Waals surface area (Å²) >= 11 is 1.31. The van der Waals surface area contributed by atoms with Gasteiger partial charge in [-0.25, -0.2) is 10.1 Å². The van der Waals surface area contributed by atoms with Gasteiger partial charge < -0.3 is 5.32 Å². The highest BCUT2D eigenvalue weighted by molar-refractivity contribution is 7.87. The molecule has 2 aliphatic rings. The number of allylic oxidation sites excluding steroid dienone is 3. The summed E-state index contributed by atoms with van der Waals surface area (Å²) < 4.78 is 30.1. The van der Waals surface area contributed by atoms with Gasteiger partial charge in [0.2, 0.25) is 0 Å². The molecule has 2 atom stereocenters. The van der Waals surface area contributed by atoms with Crippen molar-refractivity contribution in [3.63, 3.8) is 0 Å². The summed E-state index contributed by atoms with van der Waals surface area (Å²) in [6, 6.07) is 7.86. The minimum absolute atomic E-state index is 0.0808. The lowest BCUT2D eigenvalue weighted by molar-refractivity contribution is 0.481. The predicted octanol–water partition coefficient (Wildman–Crippen LogP) is 3.18. The van der Waals surface area contributed by atoms with Crippen LogP contribution in [0.3, 0.4) is 0 Å². The molecule has 0 saturated heterocycles. The van der Waals surface area contributed by atoms with Crippen LogP contribution in [0.5, 0.6) is 0 Å². The minimum Gasteiger partial charge on any atom is -0.382 e. The second kappa shape index (κ2) is 8.51. The van der Waals surface area contributed by atoms with E-state index >= 15 is 0 Å². The van der Waals surface area contributed by atoms with E-state index in [2.05, 4.69) is 20.5 Å². The highest BCUT2D eigenvalue weighted by Gasteiger charge is 2.36. The zero-order chi connectivity index (χ0) is 22.2. The first-order valence-electron chi connectivity index (χ1n) is 10.1. The SMILES string of the molecule is CC(C)Nc1ccc(-c2nsc(C3=C4CC[C@H](NS(N)(=O)=O)C4CC=C3)n2)cc1C#N. The first-order valence-corrected chi connectivity index (χ1v) is 12.4. The number of nitrogens with zero attached hydrogens (tertiary/aromatic N) is 3. The Morgan fingerprint density at radius 1 is 1.35 bits per heavy atom. The summed E-state index contributed by atoms with van der Waals surface area (Å²) in [6.07, 6.45) is 6.37. The van der Waals surface area contributed by atoms with Crippen LogP contribution in [-0.2, 0) is 10.2 Å². The van der Waals surface area contributed by atoms with E-state index in [4.69, 9.17) is 10.1 Å². The molecule has 31 heavy (non-hydrogen) atoms. The van der Waals surface area contributed by atoms with E-state index < -0.39 is 10.2 Å². The second-order valence-corrected chi connectivity index (χ2v) is 10.2. The number of nitrogens with one attached hydrogen (secondary N) is 2. The van der Waals surface area contributed by atoms with E-state index in [1.165, 1.54) is 17.1 Å². The van der Waals surface area contributed by atoms with Gasteiger partial charge in [-0.3, -0.25) is 0 Å². The van der Waals surface area contributed by atoms with Crippen molar-refractivity contribution in [3.8, 4) is 17.5 Å². The van der Waals surface area contributed by atoms with Gasteiger partial charge in [0.25, 0.3) is 10.2 Å². The number of rotatable bonds is 6. The number of hydrogen-bond acceptors (Lipinski definition) is 7. The second-order valence-electron chi connectivity index (χ2n) is 8.09. The fourth-order valence-corrected chi connectivity index (χ4v) is 5.69. The quantitative estimate of drug-likeness (QED) is 0.611. The van der Waals surface area contributed by atoms with Crippen LogP contribution >= 0.6 is 11.5 Å². The van der Waals surface area contributed by atoms with Crippen LogP contribution in [-0.4, -0.2) is 29.9 Å². The van der Waals surface area contributed by atoms with Crippen LogP contribution in [0.2, 0.25) is 0 Å². The lowest BCUT2D eigenvalue weighted by Gasteiger charge is -2.23. The maximum atomic E-state index is 11.5. The molecule has 1 heterocycles. The number of hydrogen-bond donors (Lipinski definition) is 3. The van der Waals surface area contributed by atoms with Crippen LogP contribution in [0.4, 0.5) is 5.69 Å². The first-order chi connectivity index (χ1) is 14.7. The van der Waals surface area contributed by atoms with E-state index in [-0.39, 0.29) is 18.0 Å². The molecule has 1 saturated carbocycles. The molecule has 0 aliphatic heterocycles. The Morgan fingerprint density at radius 3 is 2.87 bits per heavy atom. The van der Waals surface area contributed by atoms with Crippen molar-refractivity contribution in [3.05, 3.63) is 46.5 Å². The lowest BCUT2D eigenvalue weighted by Crippen LogP contribution is -2.41. The molecule has 2 aliphatic carbocycles. The molecule has 8 nitrogen and oxygen atoms in total. The molecule has 10 heteroatoms. The molecule has 1 aromatic carbocycles. The van der Waals surface area contributed by atoms with Crippen molar-refractivity contribution >= 4 is 33.0 Å². The van der Waals surface area contributed by atoms with Crippen molar-refractivity contribution in [1.82, 2.24) is 14.1 Å². The van der Waals surface area contributed by atoms with Gasteiger partial charge >= 0.3 is 0 Å². The summed E-state index contributed by atoms with van der Waals surface area (Å²) in [6.45, 7) is 4.05. The van der Waals surface area contributed by atoms with Gasteiger partial charge in [-0.05, 0) is 62.8 Å². The van der Waals surface area contributed by atoms with Gasteiger partial charge in [0.1, 0.15) is 11.1 Å².